The smallest absolute Gasteiger partial charge is 0.0428 e. The van der Waals surface area contributed by atoms with Gasteiger partial charge in [0.2, 0.25) is 0 Å². The van der Waals surface area contributed by atoms with Gasteiger partial charge in [-0.3, -0.25) is 0 Å². The maximum Gasteiger partial charge on any atom is 0.0428 e. The van der Waals surface area contributed by atoms with Gasteiger partial charge >= 0.3 is 0 Å². The highest BCUT2D eigenvalue weighted by atomic mass is 79.9. The minimum atomic E-state index is 0.661. The van der Waals surface area contributed by atoms with Crippen LogP contribution in [0.4, 0.5) is 5.69 Å². The first-order chi connectivity index (χ1) is 9.69. The summed E-state index contributed by atoms with van der Waals surface area (Å²) in [5, 5.41) is 3.66. The van der Waals surface area contributed by atoms with E-state index in [1.807, 2.05) is 0 Å². The van der Waals surface area contributed by atoms with Crippen LogP contribution in [0.5, 0.6) is 0 Å². The van der Waals surface area contributed by atoms with Crippen molar-refractivity contribution in [2.24, 2.45) is 0 Å². The summed E-state index contributed by atoms with van der Waals surface area (Å²) in [4.78, 5) is 2.66. The van der Waals surface area contributed by atoms with Crippen LogP contribution >= 0.6 is 15.9 Å². The average molecular weight is 337 g/mol. The van der Waals surface area contributed by atoms with E-state index in [9.17, 15) is 0 Å². The number of halogens is 1. The molecule has 1 aliphatic heterocycles. The van der Waals surface area contributed by atoms with Gasteiger partial charge in [-0.15, -0.1) is 0 Å². The van der Waals surface area contributed by atoms with E-state index < -0.39 is 0 Å². The largest absolute Gasteiger partial charge is 0.366 e. The van der Waals surface area contributed by atoms with Crippen molar-refractivity contribution in [3.8, 4) is 0 Å². The molecule has 2 fully saturated rings. The summed E-state index contributed by atoms with van der Waals surface area (Å²) >= 11 is 3.65. The lowest BCUT2D eigenvalue weighted by Gasteiger charge is -2.32. The Bertz CT molecular complexity index is 470. The molecule has 0 aromatic heterocycles. The first-order valence-corrected chi connectivity index (χ1v) is 8.78. The summed E-state index contributed by atoms with van der Waals surface area (Å²) in [5.74, 6) is 0. The number of benzene rings is 1. The Kier molecular flexibility index (Phi) is 4.37. The molecule has 0 spiro atoms. The molecule has 2 nitrogen and oxygen atoms in total. The molecule has 1 aliphatic carbocycles. The molecule has 1 aromatic rings. The normalized spacial score (nSPS) is 26.2. The van der Waals surface area contributed by atoms with Crippen molar-refractivity contribution in [1.82, 2.24) is 5.32 Å². The molecule has 20 heavy (non-hydrogen) atoms. The van der Waals surface area contributed by atoms with E-state index in [1.165, 1.54) is 47.8 Å². The minimum Gasteiger partial charge on any atom is -0.366 e. The third kappa shape index (κ3) is 3.04. The Morgan fingerprint density at radius 1 is 1.25 bits per heavy atom. The van der Waals surface area contributed by atoms with Crippen LogP contribution < -0.4 is 10.2 Å². The molecular weight excluding hydrogens is 312 g/mol. The predicted octanol–water partition coefficient (Wildman–Crippen LogP) is 4.47. The van der Waals surface area contributed by atoms with E-state index in [-0.39, 0.29) is 0 Å². The lowest BCUT2D eigenvalue weighted by atomic mass is 10.1. The van der Waals surface area contributed by atoms with E-state index in [0.29, 0.717) is 12.1 Å². The zero-order chi connectivity index (χ0) is 14.1. The molecular formula is C17H25BrN2. The van der Waals surface area contributed by atoms with Crippen LogP contribution in [0, 0.1) is 0 Å². The zero-order valence-corrected chi connectivity index (χ0v) is 14.1. The van der Waals surface area contributed by atoms with Gasteiger partial charge in [0.25, 0.3) is 0 Å². The molecule has 1 heterocycles. The number of nitrogens with zero attached hydrogens (tertiary/aromatic N) is 1. The maximum atomic E-state index is 3.66. The number of hydrogen-bond acceptors (Lipinski definition) is 2. The molecule has 0 bridgehead atoms. The zero-order valence-electron chi connectivity index (χ0n) is 12.5. The Morgan fingerprint density at radius 2 is 2.05 bits per heavy atom. The number of hydrogen-bond donors (Lipinski definition) is 1. The molecule has 2 atom stereocenters. The summed E-state index contributed by atoms with van der Waals surface area (Å²) in [5.41, 5.74) is 2.89. The van der Waals surface area contributed by atoms with Crippen molar-refractivity contribution in [2.45, 2.75) is 70.6 Å². The third-order valence-corrected chi connectivity index (χ3v) is 5.23. The average Bonchev–Trinajstić information content (AvgIpc) is 3.19. The van der Waals surface area contributed by atoms with E-state index in [0.717, 1.165) is 12.6 Å². The molecule has 2 aliphatic rings. The topological polar surface area (TPSA) is 15.3 Å². The lowest BCUT2D eigenvalue weighted by molar-refractivity contribution is 0.619. The van der Waals surface area contributed by atoms with Crippen LogP contribution in [-0.4, -0.2) is 18.1 Å². The first-order valence-electron chi connectivity index (χ1n) is 7.99. The van der Waals surface area contributed by atoms with E-state index in [2.05, 4.69) is 58.2 Å². The second kappa shape index (κ2) is 6.07. The quantitative estimate of drug-likeness (QED) is 0.853. The van der Waals surface area contributed by atoms with Gasteiger partial charge < -0.3 is 10.2 Å². The molecule has 1 N–H and O–H groups in total. The van der Waals surface area contributed by atoms with E-state index in [1.54, 1.807) is 0 Å². The van der Waals surface area contributed by atoms with Crippen LogP contribution in [0.25, 0.3) is 0 Å². The van der Waals surface area contributed by atoms with Crippen molar-refractivity contribution in [2.75, 3.05) is 4.90 Å². The summed E-state index contributed by atoms with van der Waals surface area (Å²) in [6.45, 7) is 5.69. The molecule has 0 amide bonds. The number of anilines is 1. The first kappa shape index (κ1) is 14.4. The van der Waals surface area contributed by atoms with Crippen LogP contribution in [0.15, 0.2) is 22.7 Å². The fourth-order valence-corrected chi connectivity index (χ4v) is 3.72. The van der Waals surface area contributed by atoms with E-state index >= 15 is 0 Å². The summed E-state index contributed by atoms with van der Waals surface area (Å²) < 4.78 is 1.19. The fraction of sp³-hybridized carbons (Fsp3) is 0.647. The van der Waals surface area contributed by atoms with Gasteiger partial charge in [-0.05, 0) is 56.7 Å². The summed E-state index contributed by atoms with van der Waals surface area (Å²) in [6, 6.07) is 8.91. The van der Waals surface area contributed by atoms with Crippen LogP contribution in [0.3, 0.4) is 0 Å². The summed E-state index contributed by atoms with van der Waals surface area (Å²) in [7, 11) is 0. The predicted molar refractivity (Wildman–Crippen MR) is 89.3 cm³/mol. The molecule has 3 rings (SSSR count). The molecule has 1 aromatic carbocycles. The minimum absolute atomic E-state index is 0.661. The van der Waals surface area contributed by atoms with E-state index in [4.69, 9.17) is 0 Å². The number of nitrogens with one attached hydrogen (secondary N) is 1. The lowest BCUT2D eigenvalue weighted by Crippen LogP contribution is -2.35. The van der Waals surface area contributed by atoms with Crippen LogP contribution in [0.2, 0.25) is 0 Å². The summed E-state index contributed by atoms with van der Waals surface area (Å²) in [6.07, 6.45) is 6.60. The van der Waals surface area contributed by atoms with Gasteiger partial charge in [-0.2, -0.15) is 0 Å². The maximum absolute atomic E-state index is 3.66. The van der Waals surface area contributed by atoms with Crippen molar-refractivity contribution < 1.29 is 0 Å². The Labute approximate surface area is 131 Å². The monoisotopic (exact) mass is 336 g/mol. The van der Waals surface area contributed by atoms with Gasteiger partial charge in [0.1, 0.15) is 0 Å². The fourth-order valence-electron chi connectivity index (χ4n) is 3.38. The van der Waals surface area contributed by atoms with Gasteiger partial charge in [0.15, 0.2) is 0 Å². The molecule has 0 radical (unpaired) electrons. The second-order valence-corrected chi connectivity index (χ2v) is 7.24. The number of rotatable bonds is 5. The van der Waals surface area contributed by atoms with Gasteiger partial charge in [-0.1, -0.05) is 28.9 Å². The Balaban J connectivity index is 1.86. The van der Waals surface area contributed by atoms with Crippen molar-refractivity contribution >= 4 is 21.6 Å². The van der Waals surface area contributed by atoms with Crippen LogP contribution in [0.1, 0.15) is 51.5 Å². The van der Waals surface area contributed by atoms with Gasteiger partial charge in [0, 0.05) is 34.8 Å². The Morgan fingerprint density at radius 3 is 2.75 bits per heavy atom. The van der Waals surface area contributed by atoms with Crippen molar-refractivity contribution in [1.29, 1.82) is 0 Å². The van der Waals surface area contributed by atoms with Gasteiger partial charge in [-0.25, -0.2) is 0 Å². The van der Waals surface area contributed by atoms with Crippen molar-refractivity contribution in [3.63, 3.8) is 0 Å². The highest BCUT2D eigenvalue weighted by Crippen LogP contribution is 2.36. The van der Waals surface area contributed by atoms with Gasteiger partial charge in [0.05, 0.1) is 0 Å². The molecule has 3 heteroatoms. The van der Waals surface area contributed by atoms with Crippen LogP contribution in [-0.2, 0) is 6.54 Å². The highest BCUT2D eigenvalue weighted by Gasteiger charge is 2.31. The molecule has 1 saturated heterocycles. The SMILES string of the molecule is CCC1CCC(C)N1c1cc(Br)ccc1CNC1CC1. The Hall–Kier alpha value is -0.540. The molecule has 110 valence electrons. The highest BCUT2D eigenvalue weighted by molar-refractivity contribution is 9.10. The van der Waals surface area contributed by atoms with Crippen molar-refractivity contribution in [3.05, 3.63) is 28.2 Å². The standard InChI is InChI=1S/C17H25BrN2/c1-3-16-9-4-12(2)20(16)17-10-14(18)6-5-13(17)11-19-15-7-8-15/h5-6,10,12,15-16,19H,3-4,7-9,11H2,1-2H3. The third-order valence-electron chi connectivity index (χ3n) is 4.74. The second-order valence-electron chi connectivity index (χ2n) is 6.32. The molecule has 1 saturated carbocycles. The molecule has 2 unspecified atom stereocenters.